The predicted molar refractivity (Wildman–Crippen MR) is 159 cm³/mol. The lowest BCUT2D eigenvalue weighted by molar-refractivity contribution is -0.137. The van der Waals surface area contributed by atoms with E-state index in [-0.39, 0.29) is 6.61 Å². The molecule has 0 saturated heterocycles. The second-order valence-corrected chi connectivity index (χ2v) is 24.6. The van der Waals surface area contributed by atoms with Gasteiger partial charge in [-0.3, -0.25) is 4.79 Å². The summed E-state index contributed by atoms with van der Waals surface area (Å²) in [6, 6.07) is 1.34. The maximum atomic E-state index is 10.5. The van der Waals surface area contributed by atoms with E-state index in [1.165, 1.54) is 43.8 Å². The maximum Gasteiger partial charge on any atom is 0.322 e. The van der Waals surface area contributed by atoms with Crippen LogP contribution in [0.5, 0.6) is 0 Å². The van der Waals surface area contributed by atoms with Crippen LogP contribution in [0.3, 0.4) is 0 Å². The summed E-state index contributed by atoms with van der Waals surface area (Å²) in [5, 5.41) is 16.9. The Morgan fingerprint density at radius 1 is 0.703 bits per heavy atom. The molecule has 0 aliphatic heterocycles. The molecule has 0 unspecified atom stereocenters. The molecule has 0 radical (unpaired) electrons. The smallest absolute Gasteiger partial charge is 0.322 e. The molecule has 0 rings (SSSR count). The van der Waals surface area contributed by atoms with Gasteiger partial charge in [-0.05, 0) is 62.0 Å². The Hall–Kier alpha value is -2.36. The highest BCUT2D eigenvalue weighted by atomic mass is 28.5. The average molecular weight is 557 g/mol. The minimum Gasteiger partial charge on any atom is -0.481 e. The largest absolute Gasteiger partial charge is 0.481 e. The molecule has 0 amide bonds. The molecule has 0 aromatic carbocycles. The number of hydrogen-bond acceptors (Lipinski definition) is 4. The number of carbonyl (C=O) groups is 1. The Morgan fingerprint density at radius 3 is 1.73 bits per heavy atom. The molecule has 0 bridgehead atoms. The van der Waals surface area contributed by atoms with E-state index >= 15 is 0 Å². The minimum absolute atomic E-state index is 0.290. The summed E-state index contributed by atoms with van der Waals surface area (Å²) in [4.78, 5) is 10.5. The molecule has 0 aliphatic carbocycles. The van der Waals surface area contributed by atoms with Crippen molar-refractivity contribution in [3.8, 4) is 59.4 Å². The van der Waals surface area contributed by atoms with Gasteiger partial charge >= 0.3 is 14.5 Å². The minimum atomic E-state index is -2.28. The molecule has 0 heterocycles. The fourth-order valence-electron chi connectivity index (χ4n) is 4.42. The predicted octanol–water partition coefficient (Wildman–Crippen LogP) is 6.12. The van der Waals surface area contributed by atoms with Crippen LogP contribution in [0.4, 0.5) is 0 Å². The molecular formula is C29H44O5Si3. The number of carboxylic acids is 1. The first-order valence-corrected chi connectivity index (χ1v) is 22.4. The Labute approximate surface area is 228 Å². The average Bonchev–Trinajstić information content (AvgIpc) is 2.76. The van der Waals surface area contributed by atoms with Gasteiger partial charge in [-0.2, -0.15) is 0 Å². The summed E-state index contributed by atoms with van der Waals surface area (Å²) in [5.74, 6) is 22.2. The van der Waals surface area contributed by atoms with E-state index in [0.29, 0.717) is 6.42 Å². The standard InChI is InChI=1S/C29H44O5Si3/c1-35(2,27-23-19-15-11-8-12-16-20-24-29(31)32)28-36(3,4)34-37(5,6)33-26-22-18-14-10-7-9-13-17-21-25-30/h30H,8,11-12,15-16,19-20,23-24,26-28H2,1-6H3,(H,31,32). The van der Waals surface area contributed by atoms with Gasteiger partial charge < -0.3 is 18.8 Å². The van der Waals surface area contributed by atoms with Crippen LogP contribution in [0.15, 0.2) is 0 Å². The second kappa shape index (κ2) is 19.7. The lowest BCUT2D eigenvalue weighted by Crippen LogP contribution is -2.50. The van der Waals surface area contributed by atoms with Crippen molar-refractivity contribution in [2.24, 2.45) is 0 Å². The van der Waals surface area contributed by atoms with Gasteiger partial charge in [0.2, 0.25) is 0 Å². The normalized spacial score (nSPS) is 10.6. The van der Waals surface area contributed by atoms with E-state index in [4.69, 9.17) is 18.8 Å². The summed E-state index contributed by atoms with van der Waals surface area (Å²) in [6.07, 6.45) is 11.3. The lowest BCUT2D eigenvalue weighted by Gasteiger charge is -2.37. The van der Waals surface area contributed by atoms with Crippen LogP contribution in [-0.2, 0) is 13.3 Å². The highest BCUT2D eigenvalue weighted by Gasteiger charge is 2.39. The van der Waals surface area contributed by atoms with Gasteiger partial charge in [0.1, 0.15) is 6.11 Å². The first kappa shape index (κ1) is 34.6. The highest BCUT2D eigenvalue weighted by molar-refractivity contribution is 6.95. The molecule has 202 valence electrons. The molecular weight excluding hydrogens is 513 g/mol. The van der Waals surface area contributed by atoms with E-state index in [0.717, 1.165) is 19.3 Å². The lowest BCUT2D eigenvalue weighted by atomic mass is 10.1. The molecule has 0 aromatic heterocycles. The van der Waals surface area contributed by atoms with Crippen LogP contribution in [0.2, 0.25) is 51.0 Å². The number of aliphatic carboxylic acids is 1. The number of hydrogen-bond donors (Lipinski definition) is 2. The van der Waals surface area contributed by atoms with Gasteiger partial charge in [0.25, 0.3) is 0 Å². The van der Waals surface area contributed by atoms with Crippen LogP contribution in [0, 0.1) is 59.4 Å². The quantitative estimate of drug-likeness (QED) is 0.128. The first-order chi connectivity index (χ1) is 17.4. The second-order valence-electron chi connectivity index (χ2n) is 10.9. The van der Waals surface area contributed by atoms with Gasteiger partial charge in [-0.15, -0.1) is 0 Å². The van der Waals surface area contributed by atoms with Crippen LogP contribution in [0.1, 0.15) is 57.8 Å². The number of rotatable bonds is 17. The molecule has 0 fully saturated rings. The molecule has 0 aromatic rings. The molecule has 0 saturated carbocycles. The highest BCUT2D eigenvalue weighted by Crippen LogP contribution is 2.29. The van der Waals surface area contributed by atoms with Crippen molar-refractivity contribution in [2.75, 3.05) is 6.61 Å². The fraction of sp³-hybridized carbons (Fsp3) is 0.621. The van der Waals surface area contributed by atoms with E-state index in [1.807, 2.05) is 0 Å². The van der Waals surface area contributed by atoms with Gasteiger partial charge in [0.05, 0.1) is 6.61 Å². The Kier molecular flexibility index (Phi) is 18.5. The number of aliphatic hydroxyl groups is 1. The summed E-state index contributed by atoms with van der Waals surface area (Å²) in [7, 11) is -5.48. The third-order valence-corrected chi connectivity index (χ3v) is 19.5. The summed E-state index contributed by atoms with van der Waals surface area (Å²) in [5.41, 5.74) is 1.23. The summed E-state index contributed by atoms with van der Waals surface area (Å²) < 4.78 is 12.7. The number of carboxylic acid groups (broad SMARTS) is 1. The van der Waals surface area contributed by atoms with Crippen molar-refractivity contribution in [3.05, 3.63) is 0 Å². The van der Waals surface area contributed by atoms with Gasteiger partial charge in [-0.25, -0.2) is 0 Å². The van der Waals surface area contributed by atoms with Crippen LogP contribution >= 0.6 is 0 Å². The summed E-state index contributed by atoms with van der Waals surface area (Å²) >= 11 is 0. The van der Waals surface area contributed by atoms with Crippen molar-refractivity contribution in [2.45, 2.75) is 109 Å². The molecule has 8 heteroatoms. The van der Waals surface area contributed by atoms with Crippen LogP contribution in [-0.4, -0.2) is 47.7 Å². The van der Waals surface area contributed by atoms with Gasteiger partial charge in [-0.1, -0.05) is 70.0 Å². The molecule has 5 nitrogen and oxygen atoms in total. The zero-order valence-electron chi connectivity index (χ0n) is 23.6. The molecule has 0 spiro atoms. The maximum absolute atomic E-state index is 10.5. The van der Waals surface area contributed by atoms with Crippen LogP contribution < -0.4 is 0 Å². The van der Waals surface area contributed by atoms with E-state index in [2.05, 4.69) is 92.6 Å². The zero-order valence-corrected chi connectivity index (χ0v) is 26.6. The number of unbranched alkanes of at least 4 members (excludes halogenated alkanes) is 7. The summed E-state index contributed by atoms with van der Waals surface area (Å²) in [6.45, 7) is 14.1. The number of aliphatic hydroxyl groups excluding tert-OH is 1. The zero-order chi connectivity index (χ0) is 28.0. The SMILES string of the molecule is C[Si](C)(CCCCCCCCCCC(=O)O)C[Si](C)(C)O[Si](C)(C)OCC#CC#CC#CC#CC#CO. The van der Waals surface area contributed by atoms with Crippen molar-refractivity contribution in [3.63, 3.8) is 0 Å². The Balaban J connectivity index is 4.29. The molecule has 2 N–H and O–H groups in total. The van der Waals surface area contributed by atoms with Crippen molar-refractivity contribution < 1.29 is 23.5 Å². The molecule has 37 heavy (non-hydrogen) atoms. The van der Waals surface area contributed by atoms with Gasteiger partial charge in [0, 0.05) is 38.2 Å². The third kappa shape index (κ3) is 23.8. The van der Waals surface area contributed by atoms with Crippen LogP contribution in [0.25, 0.3) is 0 Å². The van der Waals surface area contributed by atoms with Crippen molar-refractivity contribution >= 4 is 30.9 Å². The van der Waals surface area contributed by atoms with Crippen molar-refractivity contribution in [1.82, 2.24) is 0 Å². The van der Waals surface area contributed by atoms with E-state index in [1.54, 1.807) is 6.11 Å². The topological polar surface area (TPSA) is 76.0 Å². The third-order valence-electron chi connectivity index (χ3n) is 5.49. The fourth-order valence-corrected chi connectivity index (χ4v) is 22.5. The van der Waals surface area contributed by atoms with Gasteiger partial charge in [0.15, 0.2) is 8.32 Å². The van der Waals surface area contributed by atoms with E-state index in [9.17, 15) is 4.79 Å². The van der Waals surface area contributed by atoms with Crippen molar-refractivity contribution in [1.29, 1.82) is 0 Å². The Morgan fingerprint density at radius 2 is 1.19 bits per heavy atom. The van der Waals surface area contributed by atoms with E-state index < -0.39 is 30.9 Å². The molecule has 0 atom stereocenters. The molecule has 0 aliphatic rings. The Bertz CT molecular complexity index is 1010. The first-order valence-electron chi connectivity index (χ1n) is 13.1. The monoisotopic (exact) mass is 556 g/mol.